The summed E-state index contributed by atoms with van der Waals surface area (Å²) >= 11 is 0. The summed E-state index contributed by atoms with van der Waals surface area (Å²) in [6.45, 7) is 3.54. The van der Waals surface area contributed by atoms with Crippen molar-refractivity contribution in [3.63, 3.8) is 0 Å². The Hall–Kier alpha value is -1.88. The summed E-state index contributed by atoms with van der Waals surface area (Å²) in [5.74, 6) is 1.56. The maximum absolute atomic E-state index is 5.47. The number of nitrogens with one attached hydrogen (secondary N) is 1. The molecular weight excluding hydrogens is 252 g/mol. The third kappa shape index (κ3) is 2.82. The van der Waals surface area contributed by atoms with Crippen LogP contribution < -0.4 is 10.1 Å². The molecule has 1 heterocycles. The first-order valence-electron chi connectivity index (χ1n) is 7.07. The van der Waals surface area contributed by atoms with Gasteiger partial charge in [0, 0.05) is 25.6 Å². The number of nitrogens with zero attached hydrogens (tertiary/aromatic N) is 3. The smallest absolute Gasteiger partial charge is 0.119 e. The highest BCUT2D eigenvalue weighted by Gasteiger charge is 2.37. The normalized spacial score (nSPS) is 20.9. The highest BCUT2D eigenvalue weighted by atomic mass is 16.5. The van der Waals surface area contributed by atoms with Crippen molar-refractivity contribution in [2.45, 2.75) is 31.8 Å². The molecule has 0 bridgehead atoms. The molecule has 5 nitrogen and oxygen atoms in total. The van der Waals surface area contributed by atoms with Crippen LogP contribution in [0.4, 0.5) is 0 Å². The summed E-state index contributed by atoms with van der Waals surface area (Å²) in [4.78, 5) is 0. The van der Waals surface area contributed by atoms with E-state index in [1.165, 1.54) is 12.0 Å². The molecule has 1 aliphatic carbocycles. The molecule has 1 saturated carbocycles. The lowest BCUT2D eigenvalue weighted by Gasteiger charge is -2.06. The fourth-order valence-corrected chi connectivity index (χ4v) is 2.47. The van der Waals surface area contributed by atoms with E-state index in [2.05, 4.69) is 39.9 Å². The molecule has 2 aromatic rings. The lowest BCUT2D eigenvalue weighted by Crippen LogP contribution is -2.19. The molecule has 0 saturated heterocycles. The first kappa shape index (κ1) is 13.1. The van der Waals surface area contributed by atoms with Gasteiger partial charge in [-0.15, -0.1) is 5.10 Å². The Morgan fingerprint density at radius 3 is 2.80 bits per heavy atom. The van der Waals surface area contributed by atoms with E-state index >= 15 is 0 Å². The summed E-state index contributed by atoms with van der Waals surface area (Å²) in [7, 11) is 1.92. The van der Waals surface area contributed by atoms with Gasteiger partial charge in [0.1, 0.15) is 5.75 Å². The van der Waals surface area contributed by atoms with Crippen LogP contribution in [-0.2, 0) is 13.6 Å². The lowest BCUT2D eigenvalue weighted by atomic mass is 10.1. The molecule has 0 radical (unpaired) electrons. The predicted octanol–water partition coefficient (Wildman–Crippen LogP) is 1.86. The van der Waals surface area contributed by atoms with Crippen LogP contribution in [0.3, 0.4) is 0 Å². The summed E-state index contributed by atoms with van der Waals surface area (Å²) in [6.07, 6.45) is 3.00. The number of aryl methyl sites for hydroxylation is 1. The number of rotatable bonds is 6. The summed E-state index contributed by atoms with van der Waals surface area (Å²) in [5, 5.41) is 11.4. The Bertz CT molecular complexity index is 564. The average Bonchev–Trinajstić information content (AvgIpc) is 3.12. The minimum Gasteiger partial charge on any atom is -0.494 e. The number of benzene rings is 1. The molecule has 1 N–H and O–H groups in total. The molecule has 1 aliphatic rings. The van der Waals surface area contributed by atoms with Crippen LogP contribution in [0.1, 0.15) is 30.5 Å². The molecule has 5 heteroatoms. The van der Waals surface area contributed by atoms with Crippen molar-refractivity contribution in [3.8, 4) is 5.75 Å². The van der Waals surface area contributed by atoms with Crippen molar-refractivity contribution in [1.82, 2.24) is 20.3 Å². The number of ether oxygens (including phenoxy) is 1. The quantitative estimate of drug-likeness (QED) is 0.872. The first-order valence-corrected chi connectivity index (χ1v) is 7.07. The average molecular weight is 272 g/mol. The second-order valence-electron chi connectivity index (χ2n) is 5.18. The van der Waals surface area contributed by atoms with Gasteiger partial charge in [-0.2, -0.15) is 0 Å². The van der Waals surface area contributed by atoms with Gasteiger partial charge in [-0.05, 0) is 31.0 Å². The van der Waals surface area contributed by atoms with Gasteiger partial charge in [0.25, 0.3) is 0 Å². The third-order valence-electron chi connectivity index (χ3n) is 3.76. The zero-order chi connectivity index (χ0) is 13.9. The van der Waals surface area contributed by atoms with Gasteiger partial charge >= 0.3 is 0 Å². The minimum absolute atomic E-state index is 0.558. The van der Waals surface area contributed by atoms with Crippen molar-refractivity contribution in [2.24, 2.45) is 7.05 Å². The zero-order valence-corrected chi connectivity index (χ0v) is 11.9. The van der Waals surface area contributed by atoms with Crippen molar-refractivity contribution >= 4 is 0 Å². The van der Waals surface area contributed by atoms with E-state index in [1.54, 1.807) is 10.9 Å². The molecule has 0 spiro atoms. The van der Waals surface area contributed by atoms with E-state index in [1.807, 2.05) is 14.0 Å². The van der Waals surface area contributed by atoms with Gasteiger partial charge < -0.3 is 10.1 Å². The van der Waals surface area contributed by atoms with Crippen molar-refractivity contribution in [1.29, 1.82) is 0 Å². The molecule has 0 unspecified atom stereocenters. The van der Waals surface area contributed by atoms with Crippen molar-refractivity contribution in [3.05, 3.63) is 41.7 Å². The third-order valence-corrected chi connectivity index (χ3v) is 3.76. The largest absolute Gasteiger partial charge is 0.494 e. The molecular formula is C15H20N4O. The Morgan fingerprint density at radius 2 is 2.15 bits per heavy atom. The van der Waals surface area contributed by atoms with E-state index in [4.69, 9.17) is 4.74 Å². The van der Waals surface area contributed by atoms with Crippen LogP contribution in [-0.4, -0.2) is 27.6 Å². The van der Waals surface area contributed by atoms with Crippen LogP contribution >= 0.6 is 0 Å². The monoisotopic (exact) mass is 272 g/mol. The van der Waals surface area contributed by atoms with Gasteiger partial charge in [-0.3, -0.25) is 4.68 Å². The van der Waals surface area contributed by atoms with Gasteiger partial charge in [-0.25, -0.2) is 0 Å². The molecule has 3 rings (SSSR count). The molecule has 106 valence electrons. The van der Waals surface area contributed by atoms with E-state index in [9.17, 15) is 0 Å². The fourth-order valence-electron chi connectivity index (χ4n) is 2.47. The Kier molecular flexibility index (Phi) is 3.69. The molecule has 0 amide bonds. The number of hydrogen-bond acceptors (Lipinski definition) is 4. The first-order chi connectivity index (χ1) is 9.78. The van der Waals surface area contributed by atoms with Crippen LogP contribution in [0.2, 0.25) is 0 Å². The molecule has 1 aromatic heterocycles. The molecule has 1 fully saturated rings. The molecule has 2 atom stereocenters. The maximum Gasteiger partial charge on any atom is 0.119 e. The van der Waals surface area contributed by atoms with E-state index < -0.39 is 0 Å². The summed E-state index contributed by atoms with van der Waals surface area (Å²) in [5.41, 5.74) is 2.50. The predicted molar refractivity (Wildman–Crippen MR) is 76.6 cm³/mol. The van der Waals surface area contributed by atoms with Crippen LogP contribution in [0.25, 0.3) is 0 Å². The maximum atomic E-state index is 5.47. The molecule has 1 aromatic carbocycles. The second kappa shape index (κ2) is 5.63. The van der Waals surface area contributed by atoms with Crippen molar-refractivity contribution < 1.29 is 4.74 Å². The van der Waals surface area contributed by atoms with Crippen LogP contribution in [0.15, 0.2) is 30.5 Å². The summed E-state index contributed by atoms with van der Waals surface area (Å²) < 4.78 is 7.27. The Morgan fingerprint density at radius 1 is 1.35 bits per heavy atom. The van der Waals surface area contributed by atoms with Gasteiger partial charge in [0.15, 0.2) is 0 Å². The fraction of sp³-hybridized carbons (Fsp3) is 0.467. The molecule has 0 aliphatic heterocycles. The SMILES string of the molecule is CCOc1ccc([C@@H]2C[C@H]2NCc2cnnn2C)cc1. The topological polar surface area (TPSA) is 52.0 Å². The van der Waals surface area contributed by atoms with Gasteiger partial charge in [-0.1, -0.05) is 17.3 Å². The zero-order valence-electron chi connectivity index (χ0n) is 11.9. The highest BCUT2D eigenvalue weighted by molar-refractivity contribution is 5.33. The second-order valence-corrected chi connectivity index (χ2v) is 5.18. The lowest BCUT2D eigenvalue weighted by molar-refractivity contribution is 0.340. The van der Waals surface area contributed by atoms with Gasteiger partial charge in [0.05, 0.1) is 18.5 Å². The summed E-state index contributed by atoms with van der Waals surface area (Å²) in [6, 6.07) is 9.01. The van der Waals surface area contributed by atoms with E-state index in [0.29, 0.717) is 18.6 Å². The van der Waals surface area contributed by atoms with Crippen LogP contribution in [0, 0.1) is 0 Å². The van der Waals surface area contributed by atoms with Crippen LogP contribution in [0.5, 0.6) is 5.75 Å². The van der Waals surface area contributed by atoms with Gasteiger partial charge in [0.2, 0.25) is 0 Å². The number of aromatic nitrogens is 3. The Labute approximate surface area is 118 Å². The molecule has 20 heavy (non-hydrogen) atoms. The van der Waals surface area contributed by atoms with E-state index in [0.717, 1.165) is 18.0 Å². The Balaban J connectivity index is 1.52. The van der Waals surface area contributed by atoms with Crippen molar-refractivity contribution in [2.75, 3.05) is 6.61 Å². The highest BCUT2D eigenvalue weighted by Crippen LogP contribution is 2.41. The standard InChI is InChI=1S/C15H20N4O/c1-3-20-13-6-4-11(5-7-13)14-8-15(14)16-9-12-10-17-18-19(12)2/h4-7,10,14-16H,3,8-9H2,1-2H3/t14-,15+/m0/s1. The minimum atomic E-state index is 0.558. The number of hydrogen-bond donors (Lipinski definition) is 1. The van der Waals surface area contributed by atoms with E-state index in [-0.39, 0.29) is 0 Å².